The van der Waals surface area contributed by atoms with Crippen molar-refractivity contribution in [3.63, 3.8) is 0 Å². The number of aryl methyl sites for hydroxylation is 1. The number of rotatable bonds is 8. The SMILES string of the molecule is N#Cc1c(NC(=O)C(Sc2cccc(NC(=O)/C=C/C(=O)O)c2)c2ccccc2)sc2c1CCCC2. The Bertz CT molecular complexity index is 1360. The minimum absolute atomic E-state index is 0.236. The quantitative estimate of drug-likeness (QED) is 0.266. The first kappa shape index (κ1) is 25.2. The van der Waals surface area contributed by atoms with Crippen LogP contribution < -0.4 is 10.6 Å². The normalized spacial score (nSPS) is 13.4. The van der Waals surface area contributed by atoms with E-state index >= 15 is 0 Å². The molecule has 7 nitrogen and oxygen atoms in total. The second kappa shape index (κ2) is 11.7. The van der Waals surface area contributed by atoms with Crippen molar-refractivity contribution in [3.8, 4) is 6.07 Å². The number of thioether (sulfide) groups is 1. The number of hydrogen-bond donors (Lipinski definition) is 3. The molecule has 3 aromatic rings. The fourth-order valence-electron chi connectivity index (χ4n) is 3.96. The minimum atomic E-state index is -1.21. The van der Waals surface area contributed by atoms with E-state index < -0.39 is 17.1 Å². The molecule has 1 unspecified atom stereocenters. The zero-order valence-electron chi connectivity index (χ0n) is 19.2. The molecule has 2 amide bonds. The summed E-state index contributed by atoms with van der Waals surface area (Å²) in [6.45, 7) is 0. The van der Waals surface area contributed by atoms with Gasteiger partial charge in [-0.3, -0.25) is 9.59 Å². The number of fused-ring (bicyclic) bond motifs is 1. The van der Waals surface area contributed by atoms with Gasteiger partial charge in [0.2, 0.25) is 11.8 Å². The third-order valence-corrected chi connectivity index (χ3v) is 8.05. The third-order valence-electron chi connectivity index (χ3n) is 5.59. The number of nitriles is 1. The lowest BCUT2D eigenvalue weighted by Crippen LogP contribution is -2.19. The number of carbonyl (C=O) groups is 3. The van der Waals surface area contributed by atoms with E-state index in [0.29, 0.717) is 16.3 Å². The van der Waals surface area contributed by atoms with Crippen LogP contribution in [0, 0.1) is 11.3 Å². The van der Waals surface area contributed by atoms with E-state index in [0.717, 1.165) is 53.9 Å². The zero-order chi connectivity index (χ0) is 25.5. The van der Waals surface area contributed by atoms with Crippen molar-refractivity contribution >= 4 is 51.6 Å². The fourth-order valence-corrected chi connectivity index (χ4v) is 6.29. The van der Waals surface area contributed by atoms with Gasteiger partial charge in [-0.05, 0) is 55.0 Å². The van der Waals surface area contributed by atoms with Crippen LogP contribution in [-0.4, -0.2) is 22.9 Å². The third kappa shape index (κ3) is 6.22. The number of nitrogens with one attached hydrogen (secondary N) is 2. The van der Waals surface area contributed by atoms with E-state index in [1.54, 1.807) is 18.2 Å². The molecule has 0 spiro atoms. The average Bonchev–Trinajstić information content (AvgIpc) is 3.23. The molecular formula is C27H23N3O4S2. The lowest BCUT2D eigenvalue weighted by Gasteiger charge is -2.17. The molecule has 1 aliphatic rings. The maximum Gasteiger partial charge on any atom is 0.328 e. The number of hydrogen-bond acceptors (Lipinski definition) is 6. The van der Waals surface area contributed by atoms with E-state index in [4.69, 9.17) is 5.11 Å². The summed E-state index contributed by atoms with van der Waals surface area (Å²) in [6.07, 6.45) is 5.64. The number of thiophene rings is 1. The standard InChI is InChI=1S/C27H23N3O4S2/c28-16-21-20-11-4-5-12-22(20)36-27(21)30-26(34)25(17-7-2-1-3-8-17)35-19-10-6-9-18(15-19)29-23(31)13-14-24(32)33/h1-3,6-10,13-15,25H,4-5,11-12H2,(H,29,31)(H,30,34)(H,32,33)/b14-13+. The van der Waals surface area contributed by atoms with Crippen molar-refractivity contribution in [2.24, 2.45) is 0 Å². The summed E-state index contributed by atoms with van der Waals surface area (Å²) >= 11 is 2.81. The van der Waals surface area contributed by atoms with Gasteiger partial charge in [-0.25, -0.2) is 4.79 Å². The van der Waals surface area contributed by atoms with Crippen molar-refractivity contribution < 1.29 is 19.5 Å². The Kier molecular flexibility index (Phi) is 8.21. The average molecular weight is 518 g/mol. The molecule has 1 atom stereocenters. The summed E-state index contributed by atoms with van der Waals surface area (Å²) in [6, 6.07) is 18.7. The first-order valence-electron chi connectivity index (χ1n) is 11.3. The summed E-state index contributed by atoms with van der Waals surface area (Å²) < 4.78 is 0. The number of nitrogens with zero attached hydrogens (tertiary/aromatic N) is 1. The molecule has 9 heteroatoms. The number of anilines is 2. The monoisotopic (exact) mass is 517 g/mol. The van der Waals surface area contributed by atoms with Crippen LogP contribution in [0.4, 0.5) is 10.7 Å². The molecule has 0 fully saturated rings. The molecule has 4 rings (SSSR count). The van der Waals surface area contributed by atoms with Crippen LogP contribution >= 0.6 is 23.1 Å². The molecule has 0 saturated carbocycles. The second-order valence-corrected chi connectivity index (χ2v) is 10.4. The minimum Gasteiger partial charge on any atom is -0.478 e. The Morgan fingerprint density at radius 1 is 1.03 bits per heavy atom. The number of carbonyl (C=O) groups excluding carboxylic acids is 2. The Balaban J connectivity index is 1.57. The molecule has 3 N–H and O–H groups in total. The van der Waals surface area contributed by atoms with E-state index in [-0.39, 0.29) is 5.91 Å². The van der Waals surface area contributed by atoms with Gasteiger partial charge in [-0.15, -0.1) is 23.1 Å². The summed E-state index contributed by atoms with van der Waals surface area (Å²) in [4.78, 5) is 38.1. The summed E-state index contributed by atoms with van der Waals surface area (Å²) in [5.74, 6) is -2.01. The van der Waals surface area contributed by atoms with Crippen molar-refractivity contribution in [1.82, 2.24) is 0 Å². The van der Waals surface area contributed by atoms with E-state index in [9.17, 15) is 19.6 Å². The van der Waals surface area contributed by atoms with Crippen molar-refractivity contribution in [1.29, 1.82) is 5.26 Å². The second-order valence-electron chi connectivity index (χ2n) is 8.11. The van der Waals surface area contributed by atoms with Gasteiger partial charge < -0.3 is 15.7 Å². The first-order chi connectivity index (χ1) is 17.4. The summed E-state index contributed by atoms with van der Waals surface area (Å²) in [7, 11) is 0. The van der Waals surface area contributed by atoms with Gasteiger partial charge in [0, 0.05) is 27.6 Å². The number of amides is 2. The van der Waals surface area contributed by atoms with Gasteiger partial charge in [-0.2, -0.15) is 5.26 Å². The molecule has 1 aliphatic carbocycles. The molecular weight excluding hydrogens is 494 g/mol. The van der Waals surface area contributed by atoms with E-state index in [1.165, 1.54) is 28.0 Å². The molecule has 0 aliphatic heterocycles. The number of carboxylic acid groups (broad SMARTS) is 1. The highest BCUT2D eigenvalue weighted by Crippen LogP contribution is 2.41. The summed E-state index contributed by atoms with van der Waals surface area (Å²) in [5, 5.41) is 24.1. The molecule has 0 saturated heterocycles. The van der Waals surface area contributed by atoms with Crippen LogP contribution in [0.15, 0.2) is 71.6 Å². The molecule has 2 aromatic carbocycles. The highest BCUT2D eigenvalue weighted by atomic mass is 32.2. The molecule has 1 heterocycles. The van der Waals surface area contributed by atoms with Gasteiger partial charge >= 0.3 is 5.97 Å². The predicted octanol–water partition coefficient (Wildman–Crippen LogP) is 5.55. The Labute approximate surface area is 216 Å². The number of benzene rings is 2. The van der Waals surface area contributed by atoms with E-state index in [1.807, 2.05) is 36.4 Å². The molecule has 0 bridgehead atoms. The number of carboxylic acids is 1. The molecule has 0 radical (unpaired) electrons. The van der Waals surface area contributed by atoms with E-state index in [2.05, 4.69) is 16.7 Å². The van der Waals surface area contributed by atoms with Crippen molar-refractivity contribution in [2.45, 2.75) is 35.8 Å². The van der Waals surface area contributed by atoms with Gasteiger partial charge in [0.25, 0.3) is 0 Å². The molecule has 182 valence electrons. The lowest BCUT2D eigenvalue weighted by atomic mass is 9.96. The molecule has 1 aromatic heterocycles. The molecule has 36 heavy (non-hydrogen) atoms. The highest BCUT2D eigenvalue weighted by Gasteiger charge is 2.26. The largest absolute Gasteiger partial charge is 0.478 e. The smallest absolute Gasteiger partial charge is 0.328 e. The maximum atomic E-state index is 13.5. The van der Waals surface area contributed by atoms with Crippen molar-refractivity contribution in [3.05, 3.63) is 88.3 Å². The van der Waals surface area contributed by atoms with Crippen molar-refractivity contribution in [2.75, 3.05) is 10.6 Å². The maximum absolute atomic E-state index is 13.5. The van der Waals surface area contributed by atoms with Gasteiger partial charge in [0.05, 0.1) is 5.56 Å². The van der Waals surface area contributed by atoms with Crippen LogP contribution in [-0.2, 0) is 27.2 Å². The first-order valence-corrected chi connectivity index (χ1v) is 13.0. The Hall–Kier alpha value is -3.87. The Morgan fingerprint density at radius 2 is 1.81 bits per heavy atom. The van der Waals surface area contributed by atoms with Crippen LogP contribution in [0.25, 0.3) is 0 Å². The topological polar surface area (TPSA) is 119 Å². The van der Waals surface area contributed by atoms with Crippen LogP contribution in [0.1, 0.15) is 39.7 Å². The van der Waals surface area contributed by atoms with Crippen LogP contribution in [0.3, 0.4) is 0 Å². The van der Waals surface area contributed by atoms with Gasteiger partial charge in [0.1, 0.15) is 16.3 Å². The van der Waals surface area contributed by atoms with Crippen LogP contribution in [0.5, 0.6) is 0 Å². The lowest BCUT2D eigenvalue weighted by molar-refractivity contribution is -0.131. The van der Waals surface area contributed by atoms with Gasteiger partial charge in [-0.1, -0.05) is 36.4 Å². The highest BCUT2D eigenvalue weighted by molar-refractivity contribution is 8.00. The van der Waals surface area contributed by atoms with Crippen LogP contribution in [0.2, 0.25) is 0 Å². The Morgan fingerprint density at radius 3 is 2.56 bits per heavy atom. The number of aliphatic carboxylic acids is 1. The van der Waals surface area contributed by atoms with Gasteiger partial charge in [0.15, 0.2) is 0 Å². The fraction of sp³-hybridized carbons (Fsp3) is 0.185. The predicted molar refractivity (Wildman–Crippen MR) is 141 cm³/mol. The summed E-state index contributed by atoms with van der Waals surface area (Å²) in [5.41, 5.74) is 2.91. The zero-order valence-corrected chi connectivity index (χ0v) is 20.8.